The number of nitrogens with one attached hydrogen (secondary N) is 2. The van der Waals surface area contributed by atoms with E-state index in [2.05, 4.69) is 15.4 Å². The zero-order chi connectivity index (χ0) is 19.6. The van der Waals surface area contributed by atoms with E-state index in [1.165, 1.54) is 7.11 Å². The summed E-state index contributed by atoms with van der Waals surface area (Å²) in [6, 6.07) is 4.11. The highest BCUT2D eigenvalue weighted by Gasteiger charge is 2.38. The van der Waals surface area contributed by atoms with E-state index in [9.17, 15) is 23.2 Å². The lowest BCUT2D eigenvalue weighted by atomic mass is 9.81. The average molecular weight is 382 g/mol. The Morgan fingerprint density at radius 1 is 1.30 bits per heavy atom. The van der Waals surface area contributed by atoms with Crippen LogP contribution in [0.1, 0.15) is 35.2 Å². The number of fused-ring (bicyclic) bond motifs is 1. The van der Waals surface area contributed by atoms with Gasteiger partial charge in [-0.3, -0.25) is 9.59 Å². The van der Waals surface area contributed by atoms with Gasteiger partial charge in [0.1, 0.15) is 6.04 Å². The normalized spacial score (nSPS) is 24.3. The van der Waals surface area contributed by atoms with Crippen LogP contribution in [0.25, 0.3) is 0 Å². The molecule has 0 bridgehead atoms. The van der Waals surface area contributed by atoms with Gasteiger partial charge in [-0.05, 0) is 49.4 Å². The van der Waals surface area contributed by atoms with Crippen molar-refractivity contribution < 1.29 is 32.6 Å². The van der Waals surface area contributed by atoms with Crippen LogP contribution >= 0.6 is 0 Å². The van der Waals surface area contributed by atoms with Crippen molar-refractivity contribution in [1.82, 2.24) is 5.32 Å². The van der Waals surface area contributed by atoms with Crippen LogP contribution in [0, 0.1) is 5.92 Å². The third-order valence-corrected chi connectivity index (χ3v) is 4.88. The van der Waals surface area contributed by atoms with Crippen LogP contribution in [0.5, 0.6) is 0 Å². The molecular weight excluding hydrogens is 362 g/mol. The number of hydrogen-bond donors (Lipinski definition) is 2. The molecule has 1 aliphatic carbocycles. The van der Waals surface area contributed by atoms with Crippen molar-refractivity contribution in [1.29, 1.82) is 0 Å². The van der Waals surface area contributed by atoms with E-state index in [1.807, 2.05) is 0 Å². The zero-order valence-electron chi connectivity index (χ0n) is 14.7. The molecule has 1 aromatic rings. The highest BCUT2D eigenvalue weighted by Crippen LogP contribution is 2.32. The first-order valence-electron chi connectivity index (χ1n) is 8.63. The Morgan fingerprint density at radius 3 is 2.70 bits per heavy atom. The van der Waals surface area contributed by atoms with Gasteiger partial charge < -0.3 is 20.1 Å². The van der Waals surface area contributed by atoms with E-state index in [4.69, 9.17) is 4.74 Å². The molecule has 0 spiro atoms. The van der Waals surface area contributed by atoms with Crippen LogP contribution in [0.15, 0.2) is 18.2 Å². The molecular formula is C18H20F2N2O5. The largest absolute Gasteiger partial charge is 0.465 e. The van der Waals surface area contributed by atoms with Gasteiger partial charge in [-0.2, -0.15) is 8.78 Å². The van der Waals surface area contributed by atoms with Crippen molar-refractivity contribution >= 4 is 23.5 Å². The topological polar surface area (TPSA) is 93.7 Å². The van der Waals surface area contributed by atoms with Crippen molar-refractivity contribution in [3.8, 4) is 0 Å². The molecule has 1 aromatic carbocycles. The van der Waals surface area contributed by atoms with Crippen molar-refractivity contribution in [3.05, 3.63) is 29.3 Å². The summed E-state index contributed by atoms with van der Waals surface area (Å²) in [5.74, 6) is -1.60. The molecule has 9 heteroatoms. The quantitative estimate of drug-likeness (QED) is 0.759. The SMILES string of the molecule is COC(=O)c1ccc2c(c1)CCC(NC(=O)C1CC(OC(F)F)C1)C(=O)N2. The monoisotopic (exact) mass is 382 g/mol. The zero-order valence-corrected chi connectivity index (χ0v) is 14.7. The van der Waals surface area contributed by atoms with Gasteiger partial charge >= 0.3 is 12.6 Å². The second-order valence-corrected chi connectivity index (χ2v) is 6.64. The highest BCUT2D eigenvalue weighted by molar-refractivity contribution is 5.99. The fourth-order valence-electron chi connectivity index (χ4n) is 3.28. The fourth-order valence-corrected chi connectivity index (χ4v) is 3.28. The first-order chi connectivity index (χ1) is 12.9. The number of ether oxygens (including phenoxy) is 2. The van der Waals surface area contributed by atoms with E-state index in [0.29, 0.717) is 24.1 Å². The molecule has 0 radical (unpaired) electrons. The fraction of sp³-hybridized carbons (Fsp3) is 0.500. The van der Waals surface area contributed by atoms with Crippen molar-refractivity contribution in [2.75, 3.05) is 12.4 Å². The summed E-state index contributed by atoms with van der Waals surface area (Å²) in [6.45, 7) is -2.85. The van der Waals surface area contributed by atoms with E-state index in [-0.39, 0.29) is 24.7 Å². The molecule has 1 saturated carbocycles. The predicted molar refractivity (Wildman–Crippen MR) is 90.3 cm³/mol. The summed E-state index contributed by atoms with van der Waals surface area (Å²) in [7, 11) is 1.29. The van der Waals surface area contributed by atoms with Crippen molar-refractivity contribution in [2.45, 2.75) is 44.4 Å². The maximum atomic E-state index is 12.4. The maximum Gasteiger partial charge on any atom is 0.345 e. The van der Waals surface area contributed by atoms with E-state index in [1.54, 1.807) is 18.2 Å². The molecule has 2 N–H and O–H groups in total. The summed E-state index contributed by atoms with van der Waals surface area (Å²) >= 11 is 0. The number of halogens is 2. The number of carbonyl (C=O) groups excluding carboxylic acids is 3. The molecule has 2 amide bonds. The van der Waals surface area contributed by atoms with Crippen molar-refractivity contribution in [3.63, 3.8) is 0 Å². The molecule has 146 valence electrons. The Balaban J connectivity index is 1.58. The molecule has 1 atom stereocenters. The Labute approximate surface area is 154 Å². The van der Waals surface area contributed by atoms with Gasteiger partial charge in [0.25, 0.3) is 0 Å². The first kappa shape index (κ1) is 19.2. The minimum absolute atomic E-state index is 0.216. The van der Waals surface area contributed by atoms with Gasteiger partial charge in [-0.25, -0.2) is 4.79 Å². The number of anilines is 1. The third-order valence-electron chi connectivity index (χ3n) is 4.88. The van der Waals surface area contributed by atoms with Crippen molar-refractivity contribution in [2.24, 2.45) is 5.92 Å². The van der Waals surface area contributed by atoms with Crippen LogP contribution in [0.2, 0.25) is 0 Å². The molecule has 2 aliphatic rings. The lowest BCUT2D eigenvalue weighted by Crippen LogP contribution is -2.49. The van der Waals surface area contributed by atoms with E-state index in [0.717, 1.165) is 5.56 Å². The number of rotatable bonds is 5. The summed E-state index contributed by atoms with van der Waals surface area (Å²) in [6.07, 6.45) is 0.648. The second kappa shape index (κ2) is 7.99. The first-order valence-corrected chi connectivity index (χ1v) is 8.63. The Bertz CT molecular complexity index is 749. The van der Waals surface area contributed by atoms with Gasteiger partial charge in [-0.1, -0.05) is 0 Å². The Morgan fingerprint density at radius 2 is 2.04 bits per heavy atom. The lowest BCUT2D eigenvalue weighted by molar-refractivity contribution is -0.193. The Hall–Kier alpha value is -2.55. The van der Waals surface area contributed by atoms with E-state index >= 15 is 0 Å². The molecule has 3 rings (SSSR count). The number of aryl methyl sites for hydroxylation is 1. The summed E-state index contributed by atoms with van der Waals surface area (Å²) in [4.78, 5) is 36.3. The third kappa shape index (κ3) is 4.41. The second-order valence-electron chi connectivity index (χ2n) is 6.64. The van der Waals surface area contributed by atoms with Crippen LogP contribution in [-0.2, 0) is 25.5 Å². The molecule has 1 heterocycles. The lowest BCUT2D eigenvalue weighted by Gasteiger charge is -2.34. The van der Waals surface area contributed by atoms with Crippen LogP contribution < -0.4 is 10.6 Å². The van der Waals surface area contributed by atoms with Gasteiger partial charge in [0, 0.05) is 11.6 Å². The Kier molecular flexibility index (Phi) is 5.69. The number of esters is 1. The van der Waals surface area contributed by atoms with Crippen LogP contribution in [-0.4, -0.2) is 43.7 Å². The minimum atomic E-state index is -2.85. The average Bonchev–Trinajstić information content (AvgIpc) is 2.75. The summed E-state index contributed by atoms with van der Waals surface area (Å²) < 4.78 is 33.3. The number of hydrogen-bond acceptors (Lipinski definition) is 5. The molecule has 1 aliphatic heterocycles. The number of benzene rings is 1. The predicted octanol–water partition coefficient (Wildman–Crippen LogP) is 1.86. The van der Waals surface area contributed by atoms with Crippen LogP contribution in [0.3, 0.4) is 0 Å². The summed E-state index contributed by atoms with van der Waals surface area (Å²) in [5.41, 5.74) is 1.74. The van der Waals surface area contributed by atoms with E-state index < -0.39 is 30.6 Å². The standard InChI is InChI=1S/C18H20F2N2O5/c1-26-17(25)10-3-4-13-9(6-10)2-5-14(16(24)21-13)22-15(23)11-7-12(8-11)27-18(19)20/h3-4,6,11-12,14,18H,2,5,7-8H2,1H3,(H,21,24)(H,22,23). The molecule has 1 unspecified atom stereocenters. The molecule has 27 heavy (non-hydrogen) atoms. The maximum absolute atomic E-state index is 12.4. The molecule has 7 nitrogen and oxygen atoms in total. The summed E-state index contributed by atoms with van der Waals surface area (Å²) in [5, 5.41) is 5.42. The van der Waals surface area contributed by atoms with Gasteiger partial charge in [0.15, 0.2) is 0 Å². The smallest absolute Gasteiger partial charge is 0.345 e. The molecule has 0 saturated heterocycles. The number of alkyl halides is 2. The van der Waals surface area contributed by atoms with Gasteiger partial charge in [0.05, 0.1) is 18.8 Å². The van der Waals surface area contributed by atoms with Gasteiger partial charge in [0.2, 0.25) is 11.8 Å². The number of carbonyl (C=O) groups is 3. The number of methoxy groups -OCH3 is 1. The van der Waals surface area contributed by atoms with Crippen LogP contribution in [0.4, 0.5) is 14.5 Å². The molecule has 1 fully saturated rings. The highest BCUT2D eigenvalue weighted by atomic mass is 19.3. The number of amides is 2. The molecule has 0 aromatic heterocycles. The minimum Gasteiger partial charge on any atom is -0.465 e. The van der Waals surface area contributed by atoms with Gasteiger partial charge in [-0.15, -0.1) is 0 Å².